The molecule has 1 aliphatic heterocycles. The van der Waals surface area contributed by atoms with Gasteiger partial charge in [0.15, 0.2) is 0 Å². The predicted molar refractivity (Wildman–Crippen MR) is 116 cm³/mol. The lowest BCUT2D eigenvalue weighted by Gasteiger charge is -2.30. The molecule has 1 saturated heterocycles. The van der Waals surface area contributed by atoms with E-state index in [0.717, 1.165) is 54.3 Å². The van der Waals surface area contributed by atoms with Crippen molar-refractivity contribution in [3.05, 3.63) is 48.3 Å². The van der Waals surface area contributed by atoms with Gasteiger partial charge in [0.05, 0.1) is 31.0 Å². The van der Waals surface area contributed by atoms with Crippen molar-refractivity contribution in [2.45, 2.75) is 26.3 Å². The van der Waals surface area contributed by atoms with Crippen molar-refractivity contribution in [2.24, 2.45) is 5.92 Å². The van der Waals surface area contributed by atoms with Crippen LogP contribution in [0.15, 0.2) is 42.6 Å². The lowest BCUT2D eigenvalue weighted by Crippen LogP contribution is -2.36. The zero-order valence-electron chi connectivity index (χ0n) is 17.5. The number of benzene rings is 1. The second-order valence-electron chi connectivity index (χ2n) is 7.60. The highest BCUT2D eigenvalue weighted by atomic mass is 16.5. The Morgan fingerprint density at radius 1 is 1.20 bits per heavy atom. The van der Waals surface area contributed by atoms with Crippen LogP contribution in [0.5, 0.6) is 5.75 Å². The quantitative estimate of drug-likeness (QED) is 0.630. The van der Waals surface area contributed by atoms with Gasteiger partial charge in [0, 0.05) is 24.0 Å². The second kappa shape index (κ2) is 8.75. The monoisotopic (exact) mass is 408 g/mol. The number of methoxy groups -OCH3 is 1. The number of nitrogens with two attached hydrogens (primary N) is 1. The van der Waals surface area contributed by atoms with Crippen LogP contribution in [-0.4, -0.2) is 47.1 Å². The third-order valence-electron chi connectivity index (χ3n) is 5.68. The van der Waals surface area contributed by atoms with Crippen LogP contribution in [0, 0.1) is 5.92 Å². The molecule has 0 unspecified atom stereocenters. The Morgan fingerprint density at radius 2 is 1.97 bits per heavy atom. The van der Waals surface area contributed by atoms with Gasteiger partial charge < -0.3 is 19.6 Å². The van der Waals surface area contributed by atoms with Gasteiger partial charge in [-0.25, -0.2) is 4.98 Å². The maximum Gasteiger partial charge on any atom is 0.309 e. The number of imidazole rings is 1. The molecule has 0 atom stereocenters. The number of carbonyl (C=O) groups is 1. The molecule has 30 heavy (non-hydrogen) atoms. The summed E-state index contributed by atoms with van der Waals surface area (Å²) in [6, 6.07) is 11.7. The number of nitrogen functional groups attached to an aromatic ring is 1. The van der Waals surface area contributed by atoms with Crippen LogP contribution >= 0.6 is 0 Å². The standard InChI is InChI=1S/C23H28N4O3/c1-3-30-23(28)16-10-12-26(13-11-16)15-19-22(18-6-4-5-7-20(18)29-2)25-21-9-8-17(24)14-27(19)21/h4-9,14,16H,3,10-13,15,24H2,1-2H3. The van der Waals surface area contributed by atoms with E-state index in [0.29, 0.717) is 18.8 Å². The number of rotatable bonds is 6. The van der Waals surface area contributed by atoms with E-state index in [1.165, 1.54) is 0 Å². The number of aromatic nitrogens is 2. The van der Waals surface area contributed by atoms with Crippen LogP contribution in [0.2, 0.25) is 0 Å². The fourth-order valence-corrected chi connectivity index (χ4v) is 4.12. The minimum atomic E-state index is -0.0746. The highest BCUT2D eigenvalue weighted by Gasteiger charge is 2.27. The Labute approximate surface area is 176 Å². The number of hydrogen-bond acceptors (Lipinski definition) is 6. The number of esters is 1. The number of fused-ring (bicyclic) bond motifs is 1. The van der Waals surface area contributed by atoms with Gasteiger partial charge in [-0.1, -0.05) is 12.1 Å². The average Bonchev–Trinajstić information content (AvgIpc) is 3.11. The number of pyridine rings is 1. The molecule has 2 N–H and O–H groups in total. The summed E-state index contributed by atoms with van der Waals surface area (Å²) < 4.78 is 12.8. The molecule has 0 amide bonds. The van der Waals surface area contributed by atoms with Gasteiger partial charge in [-0.2, -0.15) is 0 Å². The summed E-state index contributed by atoms with van der Waals surface area (Å²) in [6.07, 6.45) is 3.53. The Hall–Kier alpha value is -3.06. The van der Waals surface area contributed by atoms with Crippen LogP contribution in [-0.2, 0) is 16.1 Å². The maximum absolute atomic E-state index is 12.1. The van der Waals surface area contributed by atoms with Crippen LogP contribution < -0.4 is 10.5 Å². The summed E-state index contributed by atoms with van der Waals surface area (Å²) in [5.41, 5.74) is 10.5. The van der Waals surface area contributed by atoms with Gasteiger partial charge >= 0.3 is 5.97 Å². The molecule has 0 radical (unpaired) electrons. The van der Waals surface area contributed by atoms with Crippen molar-refractivity contribution in [1.29, 1.82) is 0 Å². The molecule has 0 spiro atoms. The Balaban J connectivity index is 1.65. The molecule has 4 rings (SSSR count). The average molecular weight is 409 g/mol. The van der Waals surface area contributed by atoms with Gasteiger partial charge in [-0.3, -0.25) is 9.69 Å². The van der Waals surface area contributed by atoms with Gasteiger partial charge in [-0.05, 0) is 57.1 Å². The first-order valence-electron chi connectivity index (χ1n) is 10.4. The fraction of sp³-hybridized carbons (Fsp3) is 0.391. The van der Waals surface area contributed by atoms with Gasteiger partial charge in [-0.15, -0.1) is 0 Å². The van der Waals surface area contributed by atoms with E-state index in [1.54, 1.807) is 7.11 Å². The van der Waals surface area contributed by atoms with Crippen LogP contribution in [0.4, 0.5) is 5.69 Å². The van der Waals surface area contributed by atoms with Crippen molar-refractivity contribution < 1.29 is 14.3 Å². The number of hydrogen-bond donors (Lipinski definition) is 1. The molecular weight excluding hydrogens is 380 g/mol. The first-order valence-corrected chi connectivity index (χ1v) is 10.4. The van der Waals surface area contributed by atoms with Crippen LogP contribution in [0.25, 0.3) is 16.9 Å². The number of para-hydroxylation sites is 1. The topological polar surface area (TPSA) is 82.1 Å². The van der Waals surface area contributed by atoms with E-state index in [-0.39, 0.29) is 11.9 Å². The lowest BCUT2D eigenvalue weighted by molar-refractivity contribution is -0.149. The SMILES string of the molecule is CCOC(=O)C1CCN(Cc2c(-c3ccccc3OC)nc3ccc(N)cn23)CC1. The van der Waals surface area contributed by atoms with Crippen molar-refractivity contribution in [3.8, 4) is 17.0 Å². The summed E-state index contributed by atoms with van der Waals surface area (Å²) in [4.78, 5) is 19.3. The largest absolute Gasteiger partial charge is 0.496 e. The Bertz CT molecular complexity index is 1040. The van der Waals surface area contributed by atoms with Crippen molar-refractivity contribution >= 4 is 17.3 Å². The smallest absolute Gasteiger partial charge is 0.309 e. The number of ether oxygens (including phenoxy) is 2. The molecule has 0 aliphatic carbocycles. The maximum atomic E-state index is 12.1. The van der Waals surface area contributed by atoms with E-state index < -0.39 is 0 Å². The van der Waals surface area contributed by atoms with E-state index in [9.17, 15) is 4.79 Å². The van der Waals surface area contributed by atoms with Gasteiger partial charge in [0.25, 0.3) is 0 Å². The highest BCUT2D eigenvalue weighted by molar-refractivity contribution is 5.73. The fourth-order valence-electron chi connectivity index (χ4n) is 4.12. The molecule has 1 fully saturated rings. The number of carbonyl (C=O) groups excluding carboxylic acids is 1. The molecule has 1 aromatic carbocycles. The van der Waals surface area contributed by atoms with Crippen molar-refractivity contribution in [2.75, 3.05) is 32.5 Å². The normalized spacial score (nSPS) is 15.4. The van der Waals surface area contributed by atoms with E-state index in [4.69, 9.17) is 20.2 Å². The number of anilines is 1. The summed E-state index contributed by atoms with van der Waals surface area (Å²) in [5.74, 6) is 0.707. The number of nitrogens with zero attached hydrogens (tertiary/aromatic N) is 3. The molecular formula is C23H28N4O3. The molecule has 3 aromatic rings. The minimum absolute atomic E-state index is 0.00674. The molecule has 1 aliphatic rings. The Morgan fingerprint density at radius 3 is 2.70 bits per heavy atom. The summed E-state index contributed by atoms with van der Waals surface area (Å²) in [7, 11) is 1.67. The predicted octanol–water partition coefficient (Wildman–Crippen LogP) is 3.37. The lowest BCUT2D eigenvalue weighted by atomic mass is 9.96. The number of piperidine rings is 1. The zero-order chi connectivity index (χ0) is 21.1. The second-order valence-corrected chi connectivity index (χ2v) is 7.60. The summed E-state index contributed by atoms with van der Waals surface area (Å²) in [5, 5.41) is 0. The van der Waals surface area contributed by atoms with E-state index in [2.05, 4.69) is 9.30 Å². The minimum Gasteiger partial charge on any atom is -0.496 e. The third-order valence-corrected chi connectivity index (χ3v) is 5.68. The highest BCUT2D eigenvalue weighted by Crippen LogP contribution is 2.33. The zero-order valence-corrected chi connectivity index (χ0v) is 17.5. The molecule has 0 saturated carbocycles. The van der Waals surface area contributed by atoms with Crippen molar-refractivity contribution in [3.63, 3.8) is 0 Å². The summed E-state index contributed by atoms with van der Waals surface area (Å²) >= 11 is 0. The summed E-state index contributed by atoms with van der Waals surface area (Å²) in [6.45, 7) is 4.68. The molecule has 158 valence electrons. The van der Waals surface area contributed by atoms with Crippen LogP contribution in [0.3, 0.4) is 0 Å². The van der Waals surface area contributed by atoms with E-state index in [1.807, 2.05) is 49.5 Å². The van der Waals surface area contributed by atoms with Crippen molar-refractivity contribution in [1.82, 2.24) is 14.3 Å². The van der Waals surface area contributed by atoms with Crippen LogP contribution in [0.1, 0.15) is 25.5 Å². The molecule has 7 nitrogen and oxygen atoms in total. The van der Waals surface area contributed by atoms with Gasteiger partial charge in [0.1, 0.15) is 11.4 Å². The molecule has 2 aromatic heterocycles. The number of likely N-dealkylation sites (tertiary alicyclic amines) is 1. The first kappa shape index (κ1) is 20.2. The molecule has 0 bridgehead atoms. The van der Waals surface area contributed by atoms with E-state index >= 15 is 0 Å². The molecule has 3 heterocycles. The molecule has 7 heteroatoms. The first-order chi connectivity index (χ1) is 14.6. The van der Waals surface area contributed by atoms with Gasteiger partial charge in [0.2, 0.25) is 0 Å². The third kappa shape index (κ3) is 3.98. The Kier molecular flexibility index (Phi) is 5.90.